The summed E-state index contributed by atoms with van der Waals surface area (Å²) in [6.45, 7) is 2.14. The highest BCUT2D eigenvalue weighted by molar-refractivity contribution is 5.79. The quantitative estimate of drug-likeness (QED) is 0.678. The largest absolute Gasteiger partial charge is 0.356 e. The first-order valence-corrected chi connectivity index (χ1v) is 10.4. The first kappa shape index (κ1) is 20.0. The fourth-order valence-electron chi connectivity index (χ4n) is 3.75. The van der Waals surface area contributed by atoms with Crippen LogP contribution in [0.3, 0.4) is 0 Å². The van der Waals surface area contributed by atoms with Crippen molar-refractivity contribution in [2.45, 2.75) is 19.3 Å². The van der Waals surface area contributed by atoms with E-state index < -0.39 is 0 Å². The van der Waals surface area contributed by atoms with E-state index in [-0.39, 0.29) is 17.6 Å². The van der Waals surface area contributed by atoms with E-state index in [0.29, 0.717) is 13.0 Å². The Morgan fingerprint density at radius 1 is 0.967 bits per heavy atom. The highest BCUT2D eigenvalue weighted by Gasteiger charge is 2.25. The molecule has 30 heavy (non-hydrogen) atoms. The molecule has 0 unspecified atom stereocenters. The van der Waals surface area contributed by atoms with Crippen LogP contribution in [-0.4, -0.2) is 35.7 Å². The standard InChI is InChI=1S/C24H25FN4O/c25-21-8-6-18(7-9-21)12-15-26-24(30)20-13-16-29(17-14-20)23-11-10-22(27-28-23)19-4-2-1-3-5-19/h1-11,20H,12-17H2,(H,26,30). The number of carbonyl (C=O) groups excluding carboxylic acids is 1. The minimum absolute atomic E-state index is 0.0195. The van der Waals surface area contributed by atoms with Crippen molar-refractivity contribution >= 4 is 11.7 Å². The smallest absolute Gasteiger partial charge is 0.223 e. The number of hydrogen-bond acceptors (Lipinski definition) is 4. The van der Waals surface area contributed by atoms with Gasteiger partial charge in [0, 0.05) is 31.1 Å². The Balaban J connectivity index is 1.24. The van der Waals surface area contributed by atoms with Crippen LogP contribution in [-0.2, 0) is 11.2 Å². The van der Waals surface area contributed by atoms with Crippen LogP contribution in [0.25, 0.3) is 11.3 Å². The summed E-state index contributed by atoms with van der Waals surface area (Å²) in [5, 5.41) is 11.8. The molecule has 1 aromatic heterocycles. The fraction of sp³-hybridized carbons (Fsp3) is 0.292. The summed E-state index contributed by atoms with van der Waals surface area (Å²) in [5.74, 6) is 0.729. The molecule has 1 aliphatic heterocycles. The number of benzene rings is 2. The SMILES string of the molecule is O=C(NCCc1ccc(F)cc1)C1CCN(c2ccc(-c3ccccc3)nn2)CC1. The molecule has 0 radical (unpaired) electrons. The molecule has 154 valence electrons. The number of carbonyl (C=O) groups is 1. The van der Waals surface area contributed by atoms with Gasteiger partial charge in [0.2, 0.25) is 5.91 Å². The number of amides is 1. The molecule has 1 aliphatic rings. The van der Waals surface area contributed by atoms with E-state index in [1.165, 1.54) is 12.1 Å². The van der Waals surface area contributed by atoms with Crippen molar-refractivity contribution < 1.29 is 9.18 Å². The lowest BCUT2D eigenvalue weighted by molar-refractivity contribution is -0.125. The number of halogens is 1. The minimum atomic E-state index is -0.242. The molecule has 0 atom stereocenters. The number of hydrogen-bond donors (Lipinski definition) is 1. The second-order valence-electron chi connectivity index (χ2n) is 7.57. The molecule has 1 saturated heterocycles. The van der Waals surface area contributed by atoms with Crippen molar-refractivity contribution in [1.29, 1.82) is 0 Å². The third-order valence-corrected chi connectivity index (χ3v) is 5.54. The topological polar surface area (TPSA) is 58.1 Å². The number of piperidine rings is 1. The molecule has 0 aliphatic carbocycles. The minimum Gasteiger partial charge on any atom is -0.356 e. The molecular weight excluding hydrogens is 379 g/mol. The van der Waals surface area contributed by atoms with Gasteiger partial charge in [-0.2, -0.15) is 0 Å². The van der Waals surface area contributed by atoms with Gasteiger partial charge in [0.05, 0.1) is 5.69 Å². The average molecular weight is 404 g/mol. The van der Waals surface area contributed by atoms with Gasteiger partial charge in [-0.15, -0.1) is 10.2 Å². The Hall–Kier alpha value is -3.28. The number of aromatic nitrogens is 2. The zero-order chi connectivity index (χ0) is 20.8. The lowest BCUT2D eigenvalue weighted by Gasteiger charge is -2.31. The second-order valence-corrected chi connectivity index (χ2v) is 7.57. The Morgan fingerprint density at radius 3 is 2.37 bits per heavy atom. The van der Waals surface area contributed by atoms with Crippen LogP contribution in [0.15, 0.2) is 66.7 Å². The monoisotopic (exact) mass is 404 g/mol. The van der Waals surface area contributed by atoms with E-state index in [1.54, 1.807) is 12.1 Å². The molecule has 2 heterocycles. The number of anilines is 1. The van der Waals surface area contributed by atoms with Crippen molar-refractivity contribution in [1.82, 2.24) is 15.5 Å². The van der Waals surface area contributed by atoms with E-state index in [0.717, 1.165) is 48.6 Å². The average Bonchev–Trinajstić information content (AvgIpc) is 2.81. The van der Waals surface area contributed by atoms with Crippen LogP contribution < -0.4 is 10.2 Å². The molecule has 5 nitrogen and oxygen atoms in total. The van der Waals surface area contributed by atoms with Crippen LogP contribution in [0.4, 0.5) is 10.2 Å². The highest BCUT2D eigenvalue weighted by atomic mass is 19.1. The molecule has 3 aromatic rings. The summed E-state index contributed by atoms with van der Waals surface area (Å²) >= 11 is 0. The van der Waals surface area contributed by atoms with E-state index in [1.807, 2.05) is 42.5 Å². The van der Waals surface area contributed by atoms with Gasteiger partial charge in [-0.3, -0.25) is 4.79 Å². The summed E-state index contributed by atoms with van der Waals surface area (Å²) in [4.78, 5) is 14.7. The number of rotatable bonds is 6. The molecule has 2 aromatic carbocycles. The molecule has 6 heteroatoms. The summed E-state index contributed by atoms with van der Waals surface area (Å²) < 4.78 is 12.9. The maximum atomic E-state index is 12.9. The predicted octanol–water partition coefficient (Wildman–Crippen LogP) is 3.86. The van der Waals surface area contributed by atoms with Crippen LogP contribution >= 0.6 is 0 Å². The van der Waals surface area contributed by atoms with Gasteiger partial charge < -0.3 is 10.2 Å². The van der Waals surface area contributed by atoms with Gasteiger partial charge in [-0.25, -0.2) is 4.39 Å². The van der Waals surface area contributed by atoms with Gasteiger partial charge in [0.15, 0.2) is 5.82 Å². The highest BCUT2D eigenvalue weighted by Crippen LogP contribution is 2.23. The maximum Gasteiger partial charge on any atom is 0.223 e. The summed E-state index contributed by atoms with van der Waals surface area (Å²) in [7, 11) is 0. The van der Waals surface area contributed by atoms with Crippen LogP contribution in [0.1, 0.15) is 18.4 Å². The van der Waals surface area contributed by atoms with Crippen LogP contribution in [0, 0.1) is 11.7 Å². The first-order valence-electron chi connectivity index (χ1n) is 10.4. The molecule has 0 saturated carbocycles. The van der Waals surface area contributed by atoms with E-state index in [9.17, 15) is 9.18 Å². The molecule has 1 N–H and O–H groups in total. The summed E-state index contributed by atoms with van der Waals surface area (Å²) in [6, 6.07) is 20.4. The predicted molar refractivity (Wildman–Crippen MR) is 116 cm³/mol. The Labute approximate surface area is 176 Å². The third-order valence-electron chi connectivity index (χ3n) is 5.54. The van der Waals surface area contributed by atoms with Crippen molar-refractivity contribution in [2.75, 3.05) is 24.5 Å². The Morgan fingerprint density at radius 2 is 1.70 bits per heavy atom. The Kier molecular flexibility index (Phi) is 6.32. The number of nitrogens with zero attached hydrogens (tertiary/aromatic N) is 3. The molecule has 1 fully saturated rings. The normalized spacial score (nSPS) is 14.5. The van der Waals surface area contributed by atoms with Gasteiger partial charge >= 0.3 is 0 Å². The molecule has 4 rings (SSSR count). The number of nitrogens with one attached hydrogen (secondary N) is 1. The van der Waals surface area contributed by atoms with Crippen molar-refractivity contribution in [3.8, 4) is 11.3 Å². The fourth-order valence-corrected chi connectivity index (χ4v) is 3.75. The van der Waals surface area contributed by atoms with E-state index >= 15 is 0 Å². The van der Waals surface area contributed by atoms with Crippen molar-refractivity contribution in [2.24, 2.45) is 5.92 Å². The lowest BCUT2D eigenvalue weighted by atomic mass is 9.96. The lowest BCUT2D eigenvalue weighted by Crippen LogP contribution is -2.41. The molecule has 1 amide bonds. The zero-order valence-electron chi connectivity index (χ0n) is 16.8. The van der Waals surface area contributed by atoms with Crippen LogP contribution in [0.2, 0.25) is 0 Å². The summed E-state index contributed by atoms with van der Waals surface area (Å²) in [6.07, 6.45) is 2.29. The zero-order valence-corrected chi connectivity index (χ0v) is 16.8. The van der Waals surface area contributed by atoms with E-state index in [2.05, 4.69) is 20.4 Å². The molecule has 0 spiro atoms. The summed E-state index contributed by atoms with van der Waals surface area (Å²) in [5.41, 5.74) is 2.92. The molecular formula is C24H25FN4O. The van der Waals surface area contributed by atoms with Gasteiger partial charge in [0.1, 0.15) is 5.82 Å². The van der Waals surface area contributed by atoms with Crippen molar-refractivity contribution in [3.63, 3.8) is 0 Å². The van der Waals surface area contributed by atoms with Crippen molar-refractivity contribution in [3.05, 3.63) is 78.1 Å². The van der Waals surface area contributed by atoms with Crippen LogP contribution in [0.5, 0.6) is 0 Å². The Bertz CT molecular complexity index is 953. The van der Waals surface area contributed by atoms with Gasteiger partial charge in [-0.05, 0) is 49.1 Å². The van der Waals surface area contributed by atoms with E-state index in [4.69, 9.17) is 0 Å². The van der Waals surface area contributed by atoms with Gasteiger partial charge in [-0.1, -0.05) is 42.5 Å². The maximum absolute atomic E-state index is 12.9. The molecule has 0 bridgehead atoms. The second kappa shape index (κ2) is 9.48. The third kappa shape index (κ3) is 5.00. The van der Waals surface area contributed by atoms with Gasteiger partial charge in [0.25, 0.3) is 0 Å². The first-order chi connectivity index (χ1) is 14.7.